The molecule has 1 fully saturated rings. The summed E-state index contributed by atoms with van der Waals surface area (Å²) in [5.74, 6) is 0.924. The number of para-hydroxylation sites is 1. The number of aryl methyl sites for hydroxylation is 1. The molecule has 0 N–H and O–H groups in total. The highest BCUT2D eigenvalue weighted by Crippen LogP contribution is 2.22. The number of methoxy groups -OCH3 is 1. The van der Waals surface area contributed by atoms with Gasteiger partial charge in [-0.15, -0.1) is 0 Å². The van der Waals surface area contributed by atoms with E-state index in [1.807, 2.05) is 30.3 Å². The summed E-state index contributed by atoms with van der Waals surface area (Å²) in [5, 5.41) is 0. The summed E-state index contributed by atoms with van der Waals surface area (Å²) in [6.07, 6.45) is 1.79. The van der Waals surface area contributed by atoms with Gasteiger partial charge in [-0.1, -0.05) is 18.2 Å². The molecule has 2 amide bonds. The number of nitrogens with zero attached hydrogens (tertiary/aromatic N) is 2. The van der Waals surface area contributed by atoms with Gasteiger partial charge in [0.15, 0.2) is 0 Å². The van der Waals surface area contributed by atoms with Crippen molar-refractivity contribution in [2.75, 3.05) is 33.9 Å². The van der Waals surface area contributed by atoms with Crippen LogP contribution in [0.15, 0.2) is 40.8 Å². The van der Waals surface area contributed by atoms with Crippen molar-refractivity contribution in [3.05, 3.63) is 53.5 Å². The van der Waals surface area contributed by atoms with E-state index in [9.17, 15) is 14.4 Å². The number of esters is 1. The first-order valence-corrected chi connectivity index (χ1v) is 10.8. The van der Waals surface area contributed by atoms with E-state index < -0.39 is 5.97 Å². The van der Waals surface area contributed by atoms with Crippen molar-refractivity contribution in [2.24, 2.45) is 5.92 Å². The number of benzene rings is 1. The zero-order valence-electron chi connectivity index (χ0n) is 18.8. The predicted molar refractivity (Wildman–Crippen MR) is 117 cm³/mol. The molecule has 3 rings (SSSR count). The predicted octanol–water partition coefficient (Wildman–Crippen LogP) is 3.04. The fourth-order valence-corrected chi connectivity index (χ4v) is 3.89. The van der Waals surface area contributed by atoms with Gasteiger partial charge in [0.2, 0.25) is 11.8 Å². The van der Waals surface area contributed by atoms with Crippen LogP contribution in [-0.4, -0.2) is 61.4 Å². The standard InChI is InChI=1S/C24H30N2O6/c1-17-21(24(29)30-3)14-20(32-17)16-25(2)23(28)18-8-7-12-26(15-18)22(27)11-13-31-19-9-5-4-6-10-19/h4-6,9-10,14,18H,7-8,11-13,15-16H2,1-3H3. The van der Waals surface area contributed by atoms with Gasteiger partial charge in [0.05, 0.1) is 32.6 Å². The van der Waals surface area contributed by atoms with Crippen molar-refractivity contribution in [3.63, 3.8) is 0 Å². The topological polar surface area (TPSA) is 89.3 Å². The first-order chi connectivity index (χ1) is 15.4. The van der Waals surface area contributed by atoms with Crippen LogP contribution in [0.4, 0.5) is 0 Å². The van der Waals surface area contributed by atoms with Crippen LogP contribution in [-0.2, 0) is 20.9 Å². The summed E-state index contributed by atoms with van der Waals surface area (Å²) in [4.78, 5) is 40.7. The van der Waals surface area contributed by atoms with Crippen LogP contribution >= 0.6 is 0 Å². The monoisotopic (exact) mass is 442 g/mol. The van der Waals surface area contributed by atoms with Crippen molar-refractivity contribution in [1.29, 1.82) is 0 Å². The second-order valence-corrected chi connectivity index (χ2v) is 7.96. The molecule has 8 heteroatoms. The van der Waals surface area contributed by atoms with Crippen molar-refractivity contribution >= 4 is 17.8 Å². The third kappa shape index (κ3) is 5.90. The lowest BCUT2D eigenvalue weighted by molar-refractivity contribution is -0.140. The smallest absolute Gasteiger partial charge is 0.341 e. The number of furan rings is 1. The van der Waals surface area contributed by atoms with Crippen LogP contribution in [0.2, 0.25) is 0 Å². The summed E-state index contributed by atoms with van der Waals surface area (Å²) in [5.41, 5.74) is 0.357. The van der Waals surface area contributed by atoms with Gasteiger partial charge >= 0.3 is 5.97 Å². The third-order valence-electron chi connectivity index (χ3n) is 5.59. The molecule has 32 heavy (non-hydrogen) atoms. The normalized spacial score (nSPS) is 15.8. The third-order valence-corrected chi connectivity index (χ3v) is 5.59. The number of rotatable bonds is 8. The highest BCUT2D eigenvalue weighted by molar-refractivity contribution is 5.90. The lowest BCUT2D eigenvalue weighted by Crippen LogP contribution is -2.46. The van der Waals surface area contributed by atoms with Crippen molar-refractivity contribution in [1.82, 2.24) is 9.80 Å². The van der Waals surface area contributed by atoms with Gasteiger partial charge in [-0.3, -0.25) is 9.59 Å². The van der Waals surface area contributed by atoms with Crippen LogP contribution in [0.5, 0.6) is 5.75 Å². The SMILES string of the molecule is COC(=O)c1cc(CN(C)C(=O)C2CCCN(C(=O)CCOc3ccccc3)C2)oc1C. The maximum Gasteiger partial charge on any atom is 0.341 e. The van der Waals surface area contributed by atoms with Gasteiger partial charge in [-0.2, -0.15) is 0 Å². The minimum absolute atomic E-state index is 0.00883. The molecule has 0 spiro atoms. The molecule has 1 aliphatic rings. The summed E-state index contributed by atoms with van der Waals surface area (Å²) in [6, 6.07) is 11.0. The molecule has 0 bridgehead atoms. The lowest BCUT2D eigenvalue weighted by Gasteiger charge is -2.34. The quantitative estimate of drug-likeness (QED) is 0.584. The Balaban J connectivity index is 1.50. The van der Waals surface area contributed by atoms with Crippen LogP contribution in [0.3, 0.4) is 0 Å². The van der Waals surface area contributed by atoms with E-state index in [1.165, 1.54) is 7.11 Å². The zero-order chi connectivity index (χ0) is 23.1. The van der Waals surface area contributed by atoms with Gasteiger partial charge < -0.3 is 23.7 Å². The van der Waals surface area contributed by atoms with E-state index in [-0.39, 0.29) is 30.7 Å². The number of ether oxygens (including phenoxy) is 2. The molecular weight excluding hydrogens is 412 g/mol. The van der Waals surface area contributed by atoms with Crippen LogP contribution < -0.4 is 4.74 Å². The molecule has 1 atom stereocenters. The summed E-state index contributed by atoms with van der Waals surface area (Å²) in [6.45, 7) is 3.28. The molecule has 8 nitrogen and oxygen atoms in total. The minimum atomic E-state index is -0.468. The minimum Gasteiger partial charge on any atom is -0.493 e. The second kappa shape index (κ2) is 10.8. The van der Waals surface area contributed by atoms with Gasteiger partial charge in [-0.05, 0) is 38.0 Å². The second-order valence-electron chi connectivity index (χ2n) is 7.96. The van der Waals surface area contributed by atoms with Crippen molar-refractivity contribution in [3.8, 4) is 5.75 Å². The Morgan fingerprint density at radius 2 is 1.97 bits per heavy atom. The molecule has 1 aliphatic heterocycles. The number of amides is 2. The van der Waals surface area contributed by atoms with E-state index in [2.05, 4.69) is 0 Å². The van der Waals surface area contributed by atoms with Gasteiger partial charge in [-0.25, -0.2) is 4.79 Å². The molecule has 0 radical (unpaired) electrons. The fraction of sp³-hybridized carbons (Fsp3) is 0.458. The summed E-state index contributed by atoms with van der Waals surface area (Å²) in [7, 11) is 3.01. The maximum absolute atomic E-state index is 13.0. The van der Waals surface area contributed by atoms with Gasteiger partial charge in [0.25, 0.3) is 0 Å². The van der Waals surface area contributed by atoms with E-state index in [4.69, 9.17) is 13.9 Å². The molecule has 2 aromatic rings. The summed E-state index contributed by atoms with van der Waals surface area (Å²) < 4.78 is 16.0. The van der Waals surface area contributed by atoms with E-state index >= 15 is 0 Å². The largest absolute Gasteiger partial charge is 0.493 e. The highest BCUT2D eigenvalue weighted by Gasteiger charge is 2.30. The molecule has 1 aromatic carbocycles. The molecule has 1 aromatic heterocycles. The van der Waals surface area contributed by atoms with Crippen LogP contribution in [0, 0.1) is 12.8 Å². The Bertz CT molecular complexity index is 939. The number of carbonyl (C=O) groups is 3. The maximum atomic E-state index is 13.0. The Hall–Kier alpha value is -3.29. The fourth-order valence-electron chi connectivity index (χ4n) is 3.89. The Morgan fingerprint density at radius 3 is 2.69 bits per heavy atom. The highest BCUT2D eigenvalue weighted by atomic mass is 16.5. The lowest BCUT2D eigenvalue weighted by atomic mass is 9.96. The van der Waals surface area contributed by atoms with E-state index in [0.29, 0.717) is 36.8 Å². The number of likely N-dealkylation sites (tertiary alicyclic amines) is 1. The van der Waals surface area contributed by atoms with E-state index in [0.717, 1.165) is 18.6 Å². The van der Waals surface area contributed by atoms with E-state index in [1.54, 1.807) is 29.8 Å². The average Bonchev–Trinajstić information content (AvgIpc) is 3.18. The van der Waals surface area contributed by atoms with Crippen molar-refractivity contribution < 1.29 is 28.3 Å². The molecule has 172 valence electrons. The first-order valence-electron chi connectivity index (χ1n) is 10.8. The van der Waals surface area contributed by atoms with Gasteiger partial charge in [0, 0.05) is 20.1 Å². The molecular formula is C24H30N2O6. The first kappa shape index (κ1) is 23.4. The molecule has 1 saturated heterocycles. The molecule has 2 heterocycles. The zero-order valence-corrected chi connectivity index (χ0v) is 18.8. The van der Waals surface area contributed by atoms with Crippen LogP contribution in [0.25, 0.3) is 0 Å². The number of hydrogen-bond acceptors (Lipinski definition) is 6. The average molecular weight is 443 g/mol. The van der Waals surface area contributed by atoms with Crippen molar-refractivity contribution in [2.45, 2.75) is 32.7 Å². The Morgan fingerprint density at radius 1 is 1.22 bits per heavy atom. The summed E-state index contributed by atoms with van der Waals surface area (Å²) >= 11 is 0. The Labute approximate surface area is 188 Å². The van der Waals surface area contributed by atoms with Crippen LogP contribution in [0.1, 0.15) is 41.1 Å². The molecule has 0 saturated carbocycles. The number of carbonyl (C=O) groups excluding carboxylic acids is 3. The molecule has 0 aliphatic carbocycles. The number of hydrogen-bond donors (Lipinski definition) is 0. The Kier molecular flexibility index (Phi) is 7.92. The van der Waals surface area contributed by atoms with Gasteiger partial charge in [0.1, 0.15) is 22.8 Å². The molecule has 1 unspecified atom stereocenters. The number of piperidine rings is 1.